The first-order chi connectivity index (χ1) is 6.22. The summed E-state index contributed by atoms with van der Waals surface area (Å²) in [6.07, 6.45) is 1.80. The molecule has 13 heavy (non-hydrogen) atoms. The van der Waals surface area contributed by atoms with Crippen LogP contribution in [0, 0.1) is 0 Å². The van der Waals surface area contributed by atoms with Gasteiger partial charge in [0, 0.05) is 23.4 Å². The van der Waals surface area contributed by atoms with Gasteiger partial charge in [0.2, 0.25) is 0 Å². The van der Waals surface area contributed by atoms with Crippen molar-refractivity contribution in [1.29, 1.82) is 0 Å². The van der Waals surface area contributed by atoms with Crippen LogP contribution in [-0.4, -0.2) is 20.3 Å². The molecule has 0 aromatic carbocycles. The summed E-state index contributed by atoms with van der Waals surface area (Å²) >= 11 is 0. The molecule has 0 amide bonds. The fourth-order valence-corrected chi connectivity index (χ4v) is 2.82. The van der Waals surface area contributed by atoms with Crippen LogP contribution in [0.5, 0.6) is 0 Å². The lowest BCUT2D eigenvalue weighted by Gasteiger charge is -2.12. The van der Waals surface area contributed by atoms with Crippen molar-refractivity contribution in [2.75, 3.05) is 6.54 Å². The first kappa shape index (κ1) is 8.90. The lowest BCUT2D eigenvalue weighted by Crippen LogP contribution is -2.17. The van der Waals surface area contributed by atoms with Crippen LogP contribution in [0.2, 0.25) is 0 Å². The summed E-state index contributed by atoms with van der Waals surface area (Å²) < 4.78 is 13.3. The molecule has 0 radical (unpaired) electrons. The van der Waals surface area contributed by atoms with Gasteiger partial charge in [-0.3, -0.25) is 4.21 Å². The lowest BCUT2D eigenvalue weighted by molar-refractivity contribution is 0.544. The number of nitrogens with two attached hydrogens (primary N) is 1. The summed E-state index contributed by atoms with van der Waals surface area (Å²) in [4.78, 5) is 4.23. The largest absolute Gasteiger partial charge is 0.329 e. The van der Waals surface area contributed by atoms with Crippen molar-refractivity contribution in [1.82, 2.24) is 9.55 Å². The SMILES string of the molecule is CC(CN)n1cnc2c1CS(=O)C2. The van der Waals surface area contributed by atoms with Crippen LogP contribution < -0.4 is 5.73 Å². The predicted molar refractivity (Wildman–Crippen MR) is 51.5 cm³/mol. The fraction of sp³-hybridized carbons (Fsp3) is 0.625. The number of nitrogens with zero attached hydrogens (tertiary/aromatic N) is 2. The fourth-order valence-electron chi connectivity index (χ4n) is 1.55. The van der Waals surface area contributed by atoms with Gasteiger partial charge in [-0.25, -0.2) is 4.98 Å². The zero-order valence-corrected chi connectivity index (χ0v) is 8.38. The van der Waals surface area contributed by atoms with Crippen LogP contribution in [0.3, 0.4) is 0 Å². The molecule has 4 nitrogen and oxygen atoms in total. The number of aromatic nitrogens is 2. The van der Waals surface area contributed by atoms with Crippen molar-refractivity contribution in [3.63, 3.8) is 0 Å². The van der Waals surface area contributed by atoms with Gasteiger partial charge in [-0.05, 0) is 6.92 Å². The summed E-state index contributed by atoms with van der Waals surface area (Å²) in [5.74, 6) is 1.25. The average Bonchev–Trinajstić information content (AvgIpc) is 2.61. The van der Waals surface area contributed by atoms with Crippen molar-refractivity contribution in [3.8, 4) is 0 Å². The maximum absolute atomic E-state index is 11.3. The maximum Gasteiger partial charge on any atom is 0.0955 e. The van der Waals surface area contributed by atoms with E-state index in [1.165, 1.54) is 0 Å². The van der Waals surface area contributed by atoms with Crippen molar-refractivity contribution < 1.29 is 4.21 Å². The Morgan fingerprint density at radius 2 is 2.54 bits per heavy atom. The van der Waals surface area contributed by atoms with E-state index in [0.717, 1.165) is 11.4 Å². The van der Waals surface area contributed by atoms with Crippen LogP contribution in [0.4, 0.5) is 0 Å². The molecular weight excluding hydrogens is 186 g/mol. The first-order valence-electron chi connectivity index (χ1n) is 4.32. The molecule has 0 fully saturated rings. The van der Waals surface area contributed by atoms with E-state index < -0.39 is 10.8 Å². The van der Waals surface area contributed by atoms with E-state index in [4.69, 9.17) is 5.73 Å². The Bertz CT molecular complexity index is 347. The Morgan fingerprint density at radius 3 is 3.23 bits per heavy atom. The Kier molecular flexibility index (Phi) is 2.21. The van der Waals surface area contributed by atoms with Crippen LogP contribution in [-0.2, 0) is 22.3 Å². The molecule has 0 spiro atoms. The zero-order chi connectivity index (χ0) is 9.42. The first-order valence-corrected chi connectivity index (χ1v) is 5.80. The minimum atomic E-state index is -0.741. The topological polar surface area (TPSA) is 60.9 Å². The molecule has 1 aliphatic rings. The Hall–Kier alpha value is -0.680. The standard InChI is InChI=1S/C8H13N3OS/c1-6(2-9)11-5-10-7-3-13(12)4-8(7)11/h5-6H,2-4,9H2,1H3. The van der Waals surface area contributed by atoms with Gasteiger partial charge >= 0.3 is 0 Å². The molecule has 1 aromatic heterocycles. The molecule has 0 bridgehead atoms. The maximum atomic E-state index is 11.3. The van der Waals surface area contributed by atoms with Crippen molar-refractivity contribution in [3.05, 3.63) is 17.7 Å². The van der Waals surface area contributed by atoms with E-state index in [1.54, 1.807) is 6.33 Å². The van der Waals surface area contributed by atoms with Crippen LogP contribution in [0.1, 0.15) is 24.4 Å². The van der Waals surface area contributed by atoms with Gasteiger partial charge in [0.15, 0.2) is 0 Å². The number of imidazole rings is 1. The second-order valence-electron chi connectivity index (χ2n) is 3.36. The highest BCUT2D eigenvalue weighted by Crippen LogP contribution is 2.23. The van der Waals surface area contributed by atoms with Gasteiger partial charge in [-0.1, -0.05) is 0 Å². The molecule has 1 aliphatic heterocycles. The van der Waals surface area contributed by atoms with Crippen molar-refractivity contribution >= 4 is 10.8 Å². The van der Waals surface area contributed by atoms with E-state index in [-0.39, 0.29) is 6.04 Å². The van der Waals surface area contributed by atoms with Crippen LogP contribution in [0.25, 0.3) is 0 Å². The van der Waals surface area contributed by atoms with E-state index >= 15 is 0 Å². The zero-order valence-electron chi connectivity index (χ0n) is 7.56. The van der Waals surface area contributed by atoms with Gasteiger partial charge in [0.25, 0.3) is 0 Å². The molecule has 2 atom stereocenters. The highest BCUT2D eigenvalue weighted by molar-refractivity contribution is 7.83. The summed E-state index contributed by atoms with van der Waals surface area (Å²) in [6.45, 7) is 2.64. The molecular formula is C8H13N3OS. The minimum absolute atomic E-state index is 0.256. The molecule has 0 saturated carbocycles. The van der Waals surface area contributed by atoms with E-state index in [2.05, 4.69) is 4.98 Å². The van der Waals surface area contributed by atoms with Crippen LogP contribution >= 0.6 is 0 Å². The normalized spacial score (nSPS) is 23.1. The number of hydrogen-bond donors (Lipinski definition) is 1. The third-order valence-corrected chi connectivity index (χ3v) is 3.58. The monoisotopic (exact) mass is 199 g/mol. The summed E-state index contributed by atoms with van der Waals surface area (Å²) in [6, 6.07) is 0.256. The molecule has 0 aliphatic carbocycles. The van der Waals surface area contributed by atoms with E-state index in [0.29, 0.717) is 18.1 Å². The second kappa shape index (κ2) is 3.23. The summed E-state index contributed by atoms with van der Waals surface area (Å²) in [5.41, 5.74) is 7.66. The molecule has 2 rings (SSSR count). The quantitative estimate of drug-likeness (QED) is 0.738. The molecule has 0 saturated heterocycles. The van der Waals surface area contributed by atoms with Gasteiger partial charge in [0.1, 0.15) is 0 Å². The third-order valence-electron chi connectivity index (χ3n) is 2.39. The molecule has 5 heteroatoms. The second-order valence-corrected chi connectivity index (χ2v) is 4.82. The summed E-state index contributed by atoms with van der Waals surface area (Å²) in [5, 5.41) is 0. The van der Waals surface area contributed by atoms with E-state index in [9.17, 15) is 4.21 Å². The van der Waals surface area contributed by atoms with Crippen molar-refractivity contribution in [2.45, 2.75) is 24.5 Å². The molecule has 2 unspecified atom stereocenters. The Labute approximate surface area is 79.6 Å². The van der Waals surface area contributed by atoms with Gasteiger partial charge in [0.05, 0.1) is 29.2 Å². The lowest BCUT2D eigenvalue weighted by atomic mass is 10.3. The van der Waals surface area contributed by atoms with Crippen LogP contribution in [0.15, 0.2) is 6.33 Å². The Morgan fingerprint density at radius 1 is 1.77 bits per heavy atom. The minimum Gasteiger partial charge on any atom is -0.329 e. The molecule has 1 aromatic rings. The Balaban J connectivity index is 2.35. The number of rotatable bonds is 2. The molecule has 2 heterocycles. The predicted octanol–water partition coefficient (Wildman–Crippen LogP) is 0.165. The van der Waals surface area contributed by atoms with Crippen molar-refractivity contribution in [2.24, 2.45) is 5.73 Å². The highest BCUT2D eigenvalue weighted by atomic mass is 32.2. The molecule has 72 valence electrons. The smallest absolute Gasteiger partial charge is 0.0955 e. The average molecular weight is 199 g/mol. The number of hydrogen-bond acceptors (Lipinski definition) is 3. The third kappa shape index (κ3) is 1.42. The van der Waals surface area contributed by atoms with Gasteiger partial charge in [-0.2, -0.15) is 0 Å². The summed E-state index contributed by atoms with van der Waals surface area (Å²) in [7, 11) is -0.741. The molecule has 2 N–H and O–H groups in total. The highest BCUT2D eigenvalue weighted by Gasteiger charge is 2.23. The van der Waals surface area contributed by atoms with Gasteiger partial charge < -0.3 is 10.3 Å². The van der Waals surface area contributed by atoms with E-state index in [1.807, 2.05) is 11.5 Å². The number of fused-ring (bicyclic) bond motifs is 1. The van der Waals surface area contributed by atoms with Gasteiger partial charge in [-0.15, -0.1) is 0 Å².